The van der Waals surface area contributed by atoms with E-state index < -0.39 is 0 Å². The SMILES string of the molecule is Cn1cnnc1SCC(=O)Nc1cccc(C(=O)N(Cc2cccc(F)c2)CC2CCCO2)c1. The molecule has 1 N–H and O–H groups in total. The number of hydrogen-bond donors (Lipinski definition) is 1. The van der Waals surface area contributed by atoms with Crippen LogP contribution in [0.4, 0.5) is 10.1 Å². The number of nitrogens with zero attached hydrogens (tertiary/aromatic N) is 4. The standard InChI is InChI=1S/C24H26FN5O3S/c1-29-16-26-28-24(29)34-15-22(31)27-20-8-3-6-18(12-20)23(32)30(14-21-9-4-10-33-21)13-17-5-2-7-19(25)11-17/h2-3,5-8,11-12,16,21H,4,9-10,13-15H2,1H3,(H,27,31). The van der Waals surface area contributed by atoms with Gasteiger partial charge in [-0.15, -0.1) is 10.2 Å². The molecule has 1 saturated heterocycles. The predicted octanol–water partition coefficient (Wildman–Crippen LogP) is 3.51. The number of halogens is 1. The zero-order valence-electron chi connectivity index (χ0n) is 18.8. The van der Waals surface area contributed by atoms with Gasteiger partial charge in [0, 0.05) is 38.0 Å². The third-order valence-corrected chi connectivity index (χ3v) is 6.43. The summed E-state index contributed by atoms with van der Waals surface area (Å²) in [6.07, 6.45) is 3.37. The summed E-state index contributed by atoms with van der Waals surface area (Å²) in [4.78, 5) is 27.5. The van der Waals surface area contributed by atoms with Crippen molar-refractivity contribution in [2.24, 2.45) is 7.05 Å². The Morgan fingerprint density at radius 1 is 1.26 bits per heavy atom. The topological polar surface area (TPSA) is 89.3 Å². The van der Waals surface area contributed by atoms with Crippen LogP contribution in [-0.4, -0.2) is 56.5 Å². The molecule has 1 aliphatic heterocycles. The summed E-state index contributed by atoms with van der Waals surface area (Å²) in [5.41, 5.74) is 1.67. The van der Waals surface area contributed by atoms with Crippen molar-refractivity contribution in [2.45, 2.75) is 30.6 Å². The molecule has 4 rings (SSSR count). The van der Waals surface area contributed by atoms with Crippen molar-refractivity contribution in [3.8, 4) is 0 Å². The Labute approximate surface area is 201 Å². The fourth-order valence-corrected chi connectivity index (χ4v) is 4.44. The second-order valence-corrected chi connectivity index (χ2v) is 9.04. The molecule has 0 radical (unpaired) electrons. The Hall–Kier alpha value is -3.24. The number of rotatable bonds is 9. The molecule has 0 bridgehead atoms. The maximum atomic E-state index is 13.7. The van der Waals surface area contributed by atoms with Crippen LogP contribution in [0.1, 0.15) is 28.8 Å². The third kappa shape index (κ3) is 6.42. The Morgan fingerprint density at radius 3 is 2.85 bits per heavy atom. The van der Waals surface area contributed by atoms with Gasteiger partial charge in [-0.25, -0.2) is 4.39 Å². The molecule has 34 heavy (non-hydrogen) atoms. The minimum absolute atomic E-state index is 0.0435. The van der Waals surface area contributed by atoms with Crippen molar-refractivity contribution in [3.05, 3.63) is 71.8 Å². The van der Waals surface area contributed by atoms with Gasteiger partial charge in [-0.05, 0) is 48.7 Å². The van der Waals surface area contributed by atoms with Gasteiger partial charge in [-0.1, -0.05) is 30.0 Å². The molecule has 3 aromatic rings. The number of amides is 2. The van der Waals surface area contributed by atoms with Gasteiger partial charge >= 0.3 is 0 Å². The molecule has 1 aliphatic rings. The van der Waals surface area contributed by atoms with Gasteiger partial charge in [0.05, 0.1) is 11.9 Å². The summed E-state index contributed by atoms with van der Waals surface area (Å²) in [7, 11) is 1.81. The third-order valence-electron chi connectivity index (χ3n) is 5.39. The average molecular weight is 484 g/mol. The van der Waals surface area contributed by atoms with Crippen LogP contribution >= 0.6 is 11.8 Å². The predicted molar refractivity (Wildman–Crippen MR) is 127 cm³/mol. The molecule has 2 amide bonds. The second kappa shape index (κ2) is 11.3. The molecule has 1 unspecified atom stereocenters. The normalized spacial score (nSPS) is 15.3. The van der Waals surface area contributed by atoms with Gasteiger partial charge in [-0.2, -0.15) is 0 Å². The number of aromatic nitrogens is 3. The molecule has 0 spiro atoms. The molecule has 0 aliphatic carbocycles. The number of hydrogen-bond acceptors (Lipinski definition) is 6. The Kier molecular flexibility index (Phi) is 7.91. The molecule has 1 fully saturated rings. The first-order valence-electron chi connectivity index (χ1n) is 11.0. The first kappa shape index (κ1) is 23.9. The molecule has 0 saturated carbocycles. The van der Waals surface area contributed by atoms with Crippen molar-refractivity contribution >= 4 is 29.3 Å². The second-order valence-electron chi connectivity index (χ2n) is 8.09. The summed E-state index contributed by atoms with van der Waals surface area (Å²) in [5, 5.41) is 11.2. The van der Waals surface area contributed by atoms with E-state index in [0.717, 1.165) is 12.8 Å². The number of benzene rings is 2. The molecule has 10 heteroatoms. The van der Waals surface area contributed by atoms with Crippen molar-refractivity contribution in [2.75, 3.05) is 24.2 Å². The number of aryl methyl sites for hydroxylation is 1. The van der Waals surface area contributed by atoms with Crippen LogP contribution in [-0.2, 0) is 23.1 Å². The van der Waals surface area contributed by atoms with E-state index in [0.29, 0.717) is 35.1 Å². The van der Waals surface area contributed by atoms with E-state index in [2.05, 4.69) is 15.5 Å². The molecule has 8 nitrogen and oxygen atoms in total. The van der Waals surface area contributed by atoms with Gasteiger partial charge in [0.25, 0.3) is 5.91 Å². The lowest BCUT2D eigenvalue weighted by atomic mass is 10.1. The van der Waals surface area contributed by atoms with Gasteiger partial charge < -0.3 is 19.5 Å². The van der Waals surface area contributed by atoms with Crippen LogP contribution < -0.4 is 5.32 Å². The van der Waals surface area contributed by atoms with E-state index in [-0.39, 0.29) is 36.0 Å². The zero-order chi connectivity index (χ0) is 23.9. The number of nitrogens with one attached hydrogen (secondary N) is 1. The molecular weight excluding hydrogens is 457 g/mol. The molecule has 2 heterocycles. The van der Waals surface area contributed by atoms with Gasteiger partial charge in [-0.3, -0.25) is 9.59 Å². The minimum Gasteiger partial charge on any atom is -0.376 e. The van der Waals surface area contributed by atoms with Crippen molar-refractivity contribution in [1.29, 1.82) is 0 Å². The van der Waals surface area contributed by atoms with E-state index in [1.165, 1.54) is 23.9 Å². The van der Waals surface area contributed by atoms with Crippen molar-refractivity contribution in [1.82, 2.24) is 19.7 Å². The number of carbonyl (C=O) groups excluding carboxylic acids is 2. The van der Waals surface area contributed by atoms with Crippen LogP contribution in [0.15, 0.2) is 60.0 Å². The van der Waals surface area contributed by atoms with E-state index in [1.54, 1.807) is 52.2 Å². The van der Waals surface area contributed by atoms with Crippen molar-refractivity contribution < 1.29 is 18.7 Å². The molecule has 1 atom stereocenters. The highest BCUT2D eigenvalue weighted by molar-refractivity contribution is 7.99. The number of carbonyl (C=O) groups is 2. The largest absolute Gasteiger partial charge is 0.376 e. The molecule has 178 valence electrons. The molecule has 2 aromatic carbocycles. The highest BCUT2D eigenvalue weighted by Crippen LogP contribution is 2.20. The lowest BCUT2D eigenvalue weighted by Crippen LogP contribution is -2.37. The average Bonchev–Trinajstić information content (AvgIpc) is 3.48. The summed E-state index contributed by atoms with van der Waals surface area (Å²) < 4.78 is 21.2. The van der Waals surface area contributed by atoms with E-state index >= 15 is 0 Å². The summed E-state index contributed by atoms with van der Waals surface area (Å²) in [6.45, 7) is 1.36. The van der Waals surface area contributed by atoms with E-state index in [9.17, 15) is 14.0 Å². The lowest BCUT2D eigenvalue weighted by Gasteiger charge is -2.26. The van der Waals surface area contributed by atoms with Crippen LogP contribution in [0.5, 0.6) is 0 Å². The Balaban J connectivity index is 1.44. The monoisotopic (exact) mass is 483 g/mol. The minimum atomic E-state index is -0.342. The van der Waals surface area contributed by atoms with Crippen LogP contribution in [0.3, 0.4) is 0 Å². The maximum absolute atomic E-state index is 13.7. The van der Waals surface area contributed by atoms with Crippen molar-refractivity contribution in [3.63, 3.8) is 0 Å². The lowest BCUT2D eigenvalue weighted by molar-refractivity contribution is -0.113. The maximum Gasteiger partial charge on any atom is 0.254 e. The highest BCUT2D eigenvalue weighted by atomic mass is 32.2. The van der Waals surface area contributed by atoms with Gasteiger partial charge in [0.1, 0.15) is 12.1 Å². The number of thioether (sulfide) groups is 1. The van der Waals surface area contributed by atoms with Gasteiger partial charge in [0.15, 0.2) is 5.16 Å². The molecular formula is C24H26FN5O3S. The summed E-state index contributed by atoms with van der Waals surface area (Å²) in [5.74, 6) is -0.598. The fraction of sp³-hybridized carbons (Fsp3) is 0.333. The quantitative estimate of drug-likeness (QED) is 0.469. The Morgan fingerprint density at radius 2 is 2.12 bits per heavy atom. The van der Waals surface area contributed by atoms with Crippen LogP contribution in [0, 0.1) is 5.82 Å². The van der Waals surface area contributed by atoms with Crippen LogP contribution in [0.2, 0.25) is 0 Å². The molecule has 1 aromatic heterocycles. The smallest absolute Gasteiger partial charge is 0.254 e. The summed E-state index contributed by atoms with van der Waals surface area (Å²) >= 11 is 1.27. The summed E-state index contributed by atoms with van der Waals surface area (Å²) in [6, 6.07) is 13.1. The fourth-order valence-electron chi connectivity index (χ4n) is 3.75. The van der Waals surface area contributed by atoms with E-state index in [4.69, 9.17) is 4.74 Å². The Bertz CT molecular complexity index is 1150. The first-order chi connectivity index (χ1) is 16.5. The first-order valence-corrected chi connectivity index (χ1v) is 12.0. The van der Waals surface area contributed by atoms with Gasteiger partial charge in [0.2, 0.25) is 5.91 Å². The zero-order valence-corrected chi connectivity index (χ0v) is 19.6. The highest BCUT2D eigenvalue weighted by Gasteiger charge is 2.24. The van der Waals surface area contributed by atoms with E-state index in [1.807, 2.05) is 7.05 Å². The van der Waals surface area contributed by atoms with Crippen LogP contribution in [0.25, 0.3) is 0 Å². The number of ether oxygens (including phenoxy) is 1. The number of anilines is 1.